The summed E-state index contributed by atoms with van der Waals surface area (Å²) in [4.78, 5) is 0. The average Bonchev–Trinajstić information content (AvgIpc) is 3.11. The maximum absolute atomic E-state index is 5.20. The van der Waals surface area contributed by atoms with Gasteiger partial charge in [0.1, 0.15) is 0 Å². The zero-order valence-electron chi connectivity index (χ0n) is 11.4. The highest BCUT2D eigenvalue weighted by atomic mass is 16.3. The van der Waals surface area contributed by atoms with Gasteiger partial charge >= 0.3 is 0 Å². The Labute approximate surface area is 114 Å². The van der Waals surface area contributed by atoms with E-state index in [1.165, 1.54) is 29.5 Å². The third kappa shape index (κ3) is 3.27. The summed E-state index contributed by atoms with van der Waals surface area (Å²) in [6, 6.07) is 11.5. The molecule has 0 spiro atoms. The number of benzene rings is 1. The average molecular weight is 255 g/mol. The maximum atomic E-state index is 5.20. The summed E-state index contributed by atoms with van der Waals surface area (Å²) in [5.74, 6) is 0.527. The normalized spacial score (nSPS) is 16.5. The molecule has 0 amide bonds. The highest BCUT2D eigenvalue weighted by Gasteiger charge is 2.23. The molecule has 0 bridgehead atoms. The molecule has 2 heteroatoms. The van der Waals surface area contributed by atoms with Gasteiger partial charge in [-0.05, 0) is 48.9 Å². The molecule has 1 unspecified atom stereocenters. The molecule has 100 valence electrons. The lowest BCUT2D eigenvalue weighted by Gasteiger charge is -2.19. The first-order valence-electron chi connectivity index (χ1n) is 7.13. The summed E-state index contributed by atoms with van der Waals surface area (Å²) in [5, 5.41) is 3.66. The van der Waals surface area contributed by atoms with E-state index in [9.17, 15) is 0 Å². The molecule has 3 rings (SSSR count). The standard InChI is InChI=1S/C17H21NO/c1-13-4-2-3-5-17(13)15(11-18-16-6-7-16)10-14-8-9-19-12-14/h2-5,8-9,12,15-16,18H,6-7,10-11H2,1H3. The fraction of sp³-hybridized carbons (Fsp3) is 0.412. The minimum atomic E-state index is 0.527. The maximum Gasteiger partial charge on any atom is 0.0934 e. The third-order valence-corrected chi connectivity index (χ3v) is 3.92. The highest BCUT2D eigenvalue weighted by molar-refractivity contribution is 5.31. The van der Waals surface area contributed by atoms with E-state index in [1.807, 2.05) is 6.26 Å². The molecule has 19 heavy (non-hydrogen) atoms. The van der Waals surface area contributed by atoms with Gasteiger partial charge in [-0.2, -0.15) is 0 Å². The molecule has 1 aliphatic carbocycles. The van der Waals surface area contributed by atoms with Crippen LogP contribution in [0.3, 0.4) is 0 Å². The first kappa shape index (κ1) is 12.5. The zero-order valence-corrected chi connectivity index (χ0v) is 11.4. The third-order valence-electron chi connectivity index (χ3n) is 3.92. The Morgan fingerprint density at radius 3 is 2.79 bits per heavy atom. The Morgan fingerprint density at radius 2 is 2.11 bits per heavy atom. The molecule has 0 radical (unpaired) electrons. The molecule has 1 saturated carbocycles. The fourth-order valence-corrected chi connectivity index (χ4v) is 2.63. The number of rotatable bonds is 6. The van der Waals surface area contributed by atoms with Crippen molar-refractivity contribution in [3.8, 4) is 0 Å². The molecule has 1 aliphatic rings. The number of furan rings is 1. The van der Waals surface area contributed by atoms with Crippen LogP contribution in [0.2, 0.25) is 0 Å². The van der Waals surface area contributed by atoms with E-state index in [0.29, 0.717) is 5.92 Å². The van der Waals surface area contributed by atoms with Crippen molar-refractivity contribution in [2.75, 3.05) is 6.54 Å². The molecule has 1 N–H and O–H groups in total. The largest absolute Gasteiger partial charge is 0.472 e. The Bertz CT molecular complexity index is 514. The number of aryl methyl sites for hydroxylation is 1. The van der Waals surface area contributed by atoms with Gasteiger partial charge in [0, 0.05) is 18.5 Å². The Hall–Kier alpha value is -1.54. The molecule has 1 heterocycles. The van der Waals surface area contributed by atoms with Crippen LogP contribution in [0, 0.1) is 6.92 Å². The molecule has 0 saturated heterocycles. The van der Waals surface area contributed by atoms with Gasteiger partial charge in [0.25, 0.3) is 0 Å². The second-order valence-corrected chi connectivity index (χ2v) is 5.57. The molecule has 2 aromatic rings. The monoisotopic (exact) mass is 255 g/mol. The molecule has 2 nitrogen and oxygen atoms in total. The summed E-state index contributed by atoms with van der Waals surface area (Å²) in [6.45, 7) is 3.26. The Kier molecular flexibility index (Phi) is 3.69. The van der Waals surface area contributed by atoms with Crippen LogP contribution in [0.25, 0.3) is 0 Å². The molecular weight excluding hydrogens is 234 g/mol. The molecular formula is C17H21NO. The van der Waals surface area contributed by atoms with E-state index in [1.54, 1.807) is 6.26 Å². The van der Waals surface area contributed by atoms with Gasteiger partial charge in [0.15, 0.2) is 0 Å². The number of hydrogen-bond acceptors (Lipinski definition) is 2. The molecule has 1 atom stereocenters. The van der Waals surface area contributed by atoms with E-state index in [0.717, 1.165) is 19.0 Å². The topological polar surface area (TPSA) is 25.2 Å². The van der Waals surface area contributed by atoms with E-state index in [4.69, 9.17) is 4.42 Å². The van der Waals surface area contributed by atoms with Crippen molar-refractivity contribution in [2.24, 2.45) is 0 Å². The lowest BCUT2D eigenvalue weighted by molar-refractivity contribution is 0.550. The smallest absolute Gasteiger partial charge is 0.0934 e. The SMILES string of the molecule is Cc1ccccc1C(CNC1CC1)Cc1ccoc1. The van der Waals surface area contributed by atoms with Gasteiger partial charge in [0.05, 0.1) is 12.5 Å². The number of hydrogen-bond donors (Lipinski definition) is 1. The summed E-state index contributed by atoms with van der Waals surface area (Å²) in [6.07, 6.45) is 7.35. The van der Waals surface area contributed by atoms with Crippen LogP contribution in [0.5, 0.6) is 0 Å². The van der Waals surface area contributed by atoms with Gasteiger partial charge in [0.2, 0.25) is 0 Å². The second kappa shape index (κ2) is 5.62. The first-order chi connectivity index (χ1) is 9.33. The summed E-state index contributed by atoms with van der Waals surface area (Å²) in [5.41, 5.74) is 4.12. The van der Waals surface area contributed by atoms with Crippen LogP contribution >= 0.6 is 0 Å². The predicted molar refractivity (Wildman–Crippen MR) is 77.4 cm³/mol. The van der Waals surface area contributed by atoms with Crippen molar-refractivity contribution in [3.05, 3.63) is 59.5 Å². The van der Waals surface area contributed by atoms with E-state index >= 15 is 0 Å². The van der Waals surface area contributed by atoms with Gasteiger partial charge < -0.3 is 9.73 Å². The molecule has 1 aromatic heterocycles. The highest BCUT2D eigenvalue weighted by Crippen LogP contribution is 2.26. The lowest BCUT2D eigenvalue weighted by atomic mass is 9.90. The van der Waals surface area contributed by atoms with Crippen molar-refractivity contribution in [1.82, 2.24) is 5.32 Å². The first-order valence-corrected chi connectivity index (χ1v) is 7.13. The quantitative estimate of drug-likeness (QED) is 0.852. The lowest BCUT2D eigenvalue weighted by Crippen LogP contribution is -2.25. The summed E-state index contributed by atoms with van der Waals surface area (Å²) < 4.78 is 5.20. The van der Waals surface area contributed by atoms with Crippen LogP contribution in [0.4, 0.5) is 0 Å². The van der Waals surface area contributed by atoms with Gasteiger partial charge in [-0.15, -0.1) is 0 Å². The van der Waals surface area contributed by atoms with Crippen LogP contribution in [-0.2, 0) is 6.42 Å². The Morgan fingerprint density at radius 1 is 1.26 bits per heavy atom. The summed E-state index contributed by atoms with van der Waals surface area (Å²) >= 11 is 0. The van der Waals surface area contributed by atoms with Crippen LogP contribution in [0.1, 0.15) is 35.4 Å². The molecule has 1 fully saturated rings. The van der Waals surface area contributed by atoms with Crippen molar-refractivity contribution in [1.29, 1.82) is 0 Å². The fourth-order valence-electron chi connectivity index (χ4n) is 2.63. The zero-order chi connectivity index (χ0) is 13.1. The van der Waals surface area contributed by atoms with Gasteiger partial charge in [-0.25, -0.2) is 0 Å². The Balaban J connectivity index is 1.76. The van der Waals surface area contributed by atoms with Crippen molar-refractivity contribution < 1.29 is 4.42 Å². The van der Waals surface area contributed by atoms with Crippen molar-refractivity contribution >= 4 is 0 Å². The predicted octanol–water partition coefficient (Wildman–Crippen LogP) is 3.67. The molecule has 0 aliphatic heterocycles. The minimum absolute atomic E-state index is 0.527. The number of nitrogens with one attached hydrogen (secondary N) is 1. The molecule has 1 aromatic carbocycles. The van der Waals surface area contributed by atoms with E-state index in [-0.39, 0.29) is 0 Å². The van der Waals surface area contributed by atoms with Crippen molar-refractivity contribution in [2.45, 2.75) is 38.1 Å². The van der Waals surface area contributed by atoms with Crippen LogP contribution < -0.4 is 5.32 Å². The van der Waals surface area contributed by atoms with Crippen LogP contribution in [-0.4, -0.2) is 12.6 Å². The van der Waals surface area contributed by atoms with Gasteiger partial charge in [-0.3, -0.25) is 0 Å². The van der Waals surface area contributed by atoms with Gasteiger partial charge in [-0.1, -0.05) is 24.3 Å². The second-order valence-electron chi connectivity index (χ2n) is 5.57. The summed E-state index contributed by atoms with van der Waals surface area (Å²) in [7, 11) is 0. The van der Waals surface area contributed by atoms with Crippen molar-refractivity contribution in [3.63, 3.8) is 0 Å². The van der Waals surface area contributed by atoms with E-state index < -0.39 is 0 Å². The van der Waals surface area contributed by atoms with E-state index in [2.05, 4.69) is 42.6 Å². The minimum Gasteiger partial charge on any atom is -0.472 e. The van der Waals surface area contributed by atoms with Crippen LogP contribution in [0.15, 0.2) is 47.3 Å².